The minimum Gasteiger partial charge on any atom is -0.381 e. The zero-order valence-electron chi connectivity index (χ0n) is 10.7. The van der Waals surface area contributed by atoms with Crippen LogP contribution in [0.1, 0.15) is 39.0 Å². The molecule has 0 bridgehead atoms. The lowest BCUT2D eigenvalue weighted by atomic mass is 9.92. The molecule has 1 saturated carbocycles. The predicted octanol–water partition coefficient (Wildman–Crippen LogP) is 1.69. The summed E-state index contributed by atoms with van der Waals surface area (Å²) >= 11 is 0. The van der Waals surface area contributed by atoms with Crippen molar-refractivity contribution in [3.63, 3.8) is 0 Å². The van der Waals surface area contributed by atoms with Crippen molar-refractivity contribution in [2.24, 2.45) is 0 Å². The topological polar surface area (TPSA) is 38.3 Å². The van der Waals surface area contributed by atoms with Gasteiger partial charge in [-0.3, -0.25) is 4.21 Å². The molecule has 0 saturated heterocycles. The van der Waals surface area contributed by atoms with Crippen LogP contribution in [0.25, 0.3) is 0 Å². The second kappa shape index (κ2) is 7.41. The van der Waals surface area contributed by atoms with Gasteiger partial charge in [0, 0.05) is 42.0 Å². The minimum absolute atomic E-state index is 0.429. The first-order chi connectivity index (χ1) is 7.61. The molecule has 0 radical (unpaired) electrons. The largest absolute Gasteiger partial charge is 0.381 e. The van der Waals surface area contributed by atoms with Crippen molar-refractivity contribution in [3.8, 4) is 0 Å². The monoisotopic (exact) mass is 247 g/mol. The van der Waals surface area contributed by atoms with E-state index in [9.17, 15) is 4.21 Å². The van der Waals surface area contributed by atoms with Crippen molar-refractivity contribution in [1.82, 2.24) is 5.32 Å². The van der Waals surface area contributed by atoms with Gasteiger partial charge in [0.15, 0.2) is 0 Å². The summed E-state index contributed by atoms with van der Waals surface area (Å²) in [4.78, 5) is 0. The molecule has 0 amide bonds. The standard InChI is InChI=1S/C12H25NO2S/c1-10(7-8-16(3)14)13-11-5-4-6-12(9-11)15-2/h10-13H,4-9H2,1-3H3. The molecule has 1 N–H and O–H groups in total. The predicted molar refractivity (Wildman–Crippen MR) is 69.2 cm³/mol. The lowest BCUT2D eigenvalue weighted by molar-refractivity contribution is 0.0572. The Morgan fingerprint density at radius 3 is 2.88 bits per heavy atom. The average molecular weight is 247 g/mol. The fourth-order valence-electron chi connectivity index (χ4n) is 2.34. The number of hydrogen-bond acceptors (Lipinski definition) is 3. The van der Waals surface area contributed by atoms with Gasteiger partial charge in [-0.15, -0.1) is 0 Å². The third-order valence-corrected chi connectivity index (χ3v) is 4.13. The zero-order valence-corrected chi connectivity index (χ0v) is 11.5. The van der Waals surface area contributed by atoms with Crippen LogP contribution in [0, 0.1) is 0 Å². The molecule has 3 nitrogen and oxygen atoms in total. The van der Waals surface area contributed by atoms with E-state index in [-0.39, 0.29) is 0 Å². The Kier molecular flexibility index (Phi) is 6.54. The van der Waals surface area contributed by atoms with E-state index in [0.29, 0.717) is 18.2 Å². The Hall–Kier alpha value is 0.0700. The highest BCUT2D eigenvalue weighted by Crippen LogP contribution is 2.21. The van der Waals surface area contributed by atoms with E-state index < -0.39 is 10.8 Å². The number of ether oxygens (including phenoxy) is 1. The Morgan fingerprint density at radius 2 is 2.25 bits per heavy atom. The average Bonchev–Trinajstić information content (AvgIpc) is 2.26. The highest BCUT2D eigenvalue weighted by atomic mass is 32.2. The minimum atomic E-state index is -0.666. The lowest BCUT2D eigenvalue weighted by Crippen LogP contribution is -2.41. The smallest absolute Gasteiger partial charge is 0.0586 e. The van der Waals surface area contributed by atoms with Crippen LogP contribution in [0.3, 0.4) is 0 Å². The van der Waals surface area contributed by atoms with E-state index in [1.807, 2.05) is 0 Å². The molecule has 1 fully saturated rings. The van der Waals surface area contributed by atoms with Gasteiger partial charge in [0.05, 0.1) is 6.10 Å². The Labute approximate surface area is 102 Å². The summed E-state index contributed by atoms with van der Waals surface area (Å²) in [6, 6.07) is 1.04. The van der Waals surface area contributed by atoms with Crippen LogP contribution in [0.4, 0.5) is 0 Å². The van der Waals surface area contributed by atoms with Gasteiger partial charge in [0.2, 0.25) is 0 Å². The maximum Gasteiger partial charge on any atom is 0.0586 e. The first kappa shape index (κ1) is 14.1. The van der Waals surface area contributed by atoms with Gasteiger partial charge >= 0.3 is 0 Å². The normalized spacial score (nSPS) is 29.9. The van der Waals surface area contributed by atoms with Crippen LogP contribution < -0.4 is 5.32 Å². The van der Waals surface area contributed by atoms with E-state index in [1.54, 1.807) is 13.4 Å². The Bertz CT molecular complexity index is 223. The number of hydrogen-bond donors (Lipinski definition) is 1. The van der Waals surface area contributed by atoms with Crippen LogP contribution in [-0.4, -0.2) is 41.5 Å². The molecular formula is C12H25NO2S. The molecular weight excluding hydrogens is 222 g/mol. The van der Waals surface area contributed by atoms with Gasteiger partial charge in [-0.1, -0.05) is 0 Å². The quantitative estimate of drug-likeness (QED) is 0.776. The Morgan fingerprint density at radius 1 is 1.50 bits per heavy atom. The molecule has 1 aliphatic carbocycles. The van der Waals surface area contributed by atoms with E-state index in [2.05, 4.69) is 12.2 Å². The van der Waals surface area contributed by atoms with Crippen LogP contribution in [0.5, 0.6) is 0 Å². The van der Waals surface area contributed by atoms with Crippen molar-refractivity contribution >= 4 is 10.8 Å². The highest BCUT2D eigenvalue weighted by Gasteiger charge is 2.22. The Balaban J connectivity index is 2.22. The molecule has 96 valence electrons. The fraction of sp³-hybridized carbons (Fsp3) is 1.00. The first-order valence-corrected chi connectivity index (χ1v) is 7.93. The maximum absolute atomic E-state index is 11.0. The van der Waals surface area contributed by atoms with Gasteiger partial charge in [0.25, 0.3) is 0 Å². The van der Waals surface area contributed by atoms with Gasteiger partial charge in [-0.25, -0.2) is 0 Å². The zero-order chi connectivity index (χ0) is 12.0. The van der Waals surface area contributed by atoms with Crippen molar-refractivity contribution in [2.45, 2.75) is 57.2 Å². The van der Waals surface area contributed by atoms with Crippen LogP contribution in [0.15, 0.2) is 0 Å². The molecule has 4 atom stereocenters. The third kappa shape index (κ3) is 5.41. The van der Waals surface area contributed by atoms with Crippen molar-refractivity contribution in [1.29, 1.82) is 0 Å². The number of methoxy groups -OCH3 is 1. The fourth-order valence-corrected chi connectivity index (χ4v) is 3.02. The number of nitrogens with one attached hydrogen (secondary N) is 1. The molecule has 0 aliphatic heterocycles. The second-order valence-electron chi connectivity index (χ2n) is 4.85. The maximum atomic E-state index is 11.0. The molecule has 16 heavy (non-hydrogen) atoms. The summed E-state index contributed by atoms with van der Waals surface area (Å²) in [6.45, 7) is 2.18. The summed E-state index contributed by atoms with van der Waals surface area (Å²) in [5, 5.41) is 3.62. The SMILES string of the molecule is COC1CCCC(NC(C)CCS(C)=O)C1. The van der Waals surface area contributed by atoms with Crippen LogP contribution in [0.2, 0.25) is 0 Å². The summed E-state index contributed by atoms with van der Waals surface area (Å²) in [5.74, 6) is 0.800. The molecule has 4 heteroatoms. The summed E-state index contributed by atoms with van der Waals surface area (Å²) in [7, 11) is 1.14. The first-order valence-electron chi connectivity index (χ1n) is 6.20. The number of rotatable bonds is 6. The van der Waals surface area contributed by atoms with Gasteiger partial charge in [0.1, 0.15) is 0 Å². The molecule has 0 aromatic rings. The third-order valence-electron chi connectivity index (χ3n) is 3.32. The second-order valence-corrected chi connectivity index (χ2v) is 6.41. The van der Waals surface area contributed by atoms with Crippen molar-refractivity contribution < 1.29 is 8.95 Å². The van der Waals surface area contributed by atoms with E-state index >= 15 is 0 Å². The molecule has 0 heterocycles. The van der Waals surface area contributed by atoms with E-state index in [0.717, 1.165) is 18.6 Å². The van der Waals surface area contributed by atoms with Crippen molar-refractivity contribution in [3.05, 3.63) is 0 Å². The molecule has 0 aromatic heterocycles. The van der Waals surface area contributed by atoms with Crippen LogP contribution in [-0.2, 0) is 15.5 Å². The summed E-state index contributed by atoms with van der Waals surface area (Å²) < 4.78 is 16.4. The lowest BCUT2D eigenvalue weighted by Gasteiger charge is -2.31. The molecule has 0 spiro atoms. The molecule has 1 aliphatic rings. The van der Waals surface area contributed by atoms with Crippen molar-refractivity contribution in [2.75, 3.05) is 19.1 Å². The van der Waals surface area contributed by atoms with Gasteiger partial charge in [-0.2, -0.15) is 0 Å². The molecule has 1 rings (SSSR count). The van der Waals surface area contributed by atoms with E-state index in [1.165, 1.54) is 19.3 Å². The summed E-state index contributed by atoms with van der Waals surface area (Å²) in [6.07, 6.45) is 8.02. The van der Waals surface area contributed by atoms with E-state index in [4.69, 9.17) is 4.74 Å². The van der Waals surface area contributed by atoms with Crippen LogP contribution >= 0.6 is 0 Å². The molecule has 4 unspecified atom stereocenters. The van der Waals surface area contributed by atoms with Gasteiger partial charge in [-0.05, 0) is 39.0 Å². The van der Waals surface area contributed by atoms with Gasteiger partial charge < -0.3 is 10.1 Å². The molecule has 0 aromatic carbocycles. The summed E-state index contributed by atoms with van der Waals surface area (Å²) in [5.41, 5.74) is 0. The highest BCUT2D eigenvalue weighted by molar-refractivity contribution is 7.84.